The summed E-state index contributed by atoms with van der Waals surface area (Å²) < 4.78 is 8.99. The molecule has 1 heterocycles. The zero-order valence-electron chi connectivity index (χ0n) is 5.42. The van der Waals surface area contributed by atoms with Gasteiger partial charge < -0.3 is 13.6 Å². The average Bonchev–Trinajstić information content (AvgIpc) is 2.13. The lowest BCUT2D eigenvalue weighted by molar-refractivity contribution is -0.107. The van der Waals surface area contributed by atoms with Crippen LogP contribution in [-0.4, -0.2) is 6.29 Å². The third-order valence-electron chi connectivity index (χ3n) is 1.10. The van der Waals surface area contributed by atoms with E-state index in [1.807, 2.05) is 0 Å². The van der Waals surface area contributed by atoms with Crippen LogP contribution >= 0.6 is 0 Å². The predicted octanol–water partition coefficient (Wildman–Crippen LogP) is 0.283. The summed E-state index contributed by atoms with van der Waals surface area (Å²) in [6.45, 7) is 1.57. The highest BCUT2D eigenvalue weighted by Crippen LogP contribution is 2.03. The Hall–Kier alpha value is -1.32. The molecule has 1 aromatic rings. The first-order chi connectivity index (χ1) is 4.74. The molecule has 0 aliphatic rings. The van der Waals surface area contributed by atoms with Crippen LogP contribution in [-0.2, 0) is 11.2 Å². The van der Waals surface area contributed by atoms with Crippen LogP contribution in [0.3, 0.4) is 0 Å². The summed E-state index contributed by atoms with van der Waals surface area (Å²) in [4.78, 5) is 20.3. The van der Waals surface area contributed by atoms with Gasteiger partial charge in [0.1, 0.15) is 12.0 Å². The van der Waals surface area contributed by atoms with E-state index in [1.165, 1.54) is 0 Å². The summed E-state index contributed by atoms with van der Waals surface area (Å²) in [5.41, 5.74) is 0. The molecule has 0 unspecified atom stereocenters. The van der Waals surface area contributed by atoms with Gasteiger partial charge in [-0.1, -0.05) is 0 Å². The van der Waals surface area contributed by atoms with E-state index >= 15 is 0 Å². The van der Waals surface area contributed by atoms with Gasteiger partial charge in [-0.3, -0.25) is 0 Å². The van der Waals surface area contributed by atoms with E-state index < -0.39 is 5.82 Å². The van der Waals surface area contributed by atoms with Gasteiger partial charge in [0.05, 0.1) is 6.42 Å². The molecular weight excluding hydrogens is 136 g/mol. The summed E-state index contributed by atoms with van der Waals surface area (Å²) in [6, 6.07) is 0. The highest BCUT2D eigenvalue weighted by Gasteiger charge is 2.05. The molecule has 1 rings (SSSR count). The average molecular weight is 142 g/mol. The lowest BCUT2D eigenvalue weighted by Crippen LogP contribution is -1.87. The molecule has 0 spiro atoms. The number of hydrogen-bond acceptors (Lipinski definition) is 4. The molecule has 0 bridgehead atoms. The Labute approximate surface area is 56.4 Å². The molecule has 0 N–H and O–H groups in total. The fourth-order valence-electron chi connectivity index (χ4n) is 0.636. The minimum Gasteiger partial charge on any atom is -0.396 e. The molecular formula is C6H6O4. The van der Waals surface area contributed by atoms with E-state index in [4.69, 9.17) is 0 Å². The molecule has 0 atom stereocenters. The van der Waals surface area contributed by atoms with E-state index in [0.717, 1.165) is 0 Å². The monoisotopic (exact) mass is 142 g/mol. The van der Waals surface area contributed by atoms with Crippen LogP contribution in [0.25, 0.3) is 0 Å². The van der Waals surface area contributed by atoms with Gasteiger partial charge in [-0.05, 0) is 6.92 Å². The van der Waals surface area contributed by atoms with Crippen molar-refractivity contribution in [3.05, 3.63) is 22.1 Å². The third-order valence-corrected chi connectivity index (χ3v) is 1.10. The smallest absolute Gasteiger partial charge is 0.396 e. The van der Waals surface area contributed by atoms with Crippen molar-refractivity contribution in [2.24, 2.45) is 0 Å². The molecule has 54 valence electrons. The van der Waals surface area contributed by atoms with Gasteiger partial charge in [-0.2, -0.15) is 0 Å². The van der Waals surface area contributed by atoms with Gasteiger partial charge in [-0.15, -0.1) is 0 Å². The molecule has 4 nitrogen and oxygen atoms in total. The fourth-order valence-corrected chi connectivity index (χ4v) is 0.636. The first-order valence-corrected chi connectivity index (χ1v) is 2.77. The number of carbonyl (C=O) groups is 1. The molecule has 0 saturated carbocycles. The van der Waals surface area contributed by atoms with Crippen LogP contribution < -0.4 is 5.82 Å². The van der Waals surface area contributed by atoms with Crippen LogP contribution in [0.15, 0.2) is 13.6 Å². The normalized spacial score (nSPS) is 9.70. The zero-order chi connectivity index (χ0) is 7.56. The molecule has 4 heteroatoms. The Kier molecular flexibility index (Phi) is 1.71. The van der Waals surface area contributed by atoms with Crippen LogP contribution in [0.1, 0.15) is 11.5 Å². The Morgan fingerprint density at radius 1 is 1.50 bits per heavy atom. The Balaban J connectivity index is 3.02. The van der Waals surface area contributed by atoms with Crippen LogP contribution in [0.2, 0.25) is 0 Å². The first kappa shape index (κ1) is 6.80. The van der Waals surface area contributed by atoms with Crippen LogP contribution in [0.4, 0.5) is 0 Å². The summed E-state index contributed by atoms with van der Waals surface area (Å²) in [7, 11) is 0. The molecule has 0 radical (unpaired) electrons. The molecule has 0 aromatic carbocycles. The van der Waals surface area contributed by atoms with Crippen LogP contribution in [0, 0.1) is 6.92 Å². The second-order valence-corrected chi connectivity index (χ2v) is 1.80. The summed E-state index contributed by atoms with van der Waals surface area (Å²) in [5.74, 6) is -0.0774. The predicted molar refractivity (Wildman–Crippen MR) is 31.7 cm³/mol. The summed E-state index contributed by atoms with van der Waals surface area (Å²) in [5, 5.41) is 0. The van der Waals surface area contributed by atoms with Gasteiger partial charge in [0, 0.05) is 0 Å². The zero-order valence-corrected chi connectivity index (χ0v) is 5.42. The largest absolute Gasteiger partial charge is 0.519 e. The van der Waals surface area contributed by atoms with E-state index in [0.29, 0.717) is 17.8 Å². The van der Waals surface area contributed by atoms with Crippen molar-refractivity contribution < 1.29 is 13.6 Å². The molecule has 1 aromatic heterocycles. The van der Waals surface area contributed by atoms with Crippen molar-refractivity contribution in [3.63, 3.8) is 0 Å². The third kappa shape index (κ3) is 1.15. The molecule has 0 aliphatic carbocycles. The minimum absolute atomic E-state index is 0.0948. The van der Waals surface area contributed by atoms with Gasteiger partial charge >= 0.3 is 5.82 Å². The highest BCUT2D eigenvalue weighted by atomic mass is 16.6. The number of aldehydes is 1. The number of carbonyl (C=O) groups excluding carboxylic acids is 1. The Morgan fingerprint density at radius 2 is 2.20 bits per heavy atom. The van der Waals surface area contributed by atoms with Crippen molar-refractivity contribution >= 4 is 6.29 Å². The fraction of sp³-hybridized carbons (Fsp3) is 0.333. The van der Waals surface area contributed by atoms with Crippen molar-refractivity contribution in [1.29, 1.82) is 0 Å². The van der Waals surface area contributed by atoms with E-state index in [1.54, 1.807) is 6.92 Å². The van der Waals surface area contributed by atoms with Crippen LogP contribution in [0.5, 0.6) is 0 Å². The van der Waals surface area contributed by atoms with Crippen molar-refractivity contribution in [1.82, 2.24) is 0 Å². The van der Waals surface area contributed by atoms with Crippen molar-refractivity contribution in [2.45, 2.75) is 13.3 Å². The molecule has 0 amide bonds. The standard InChI is InChI=1S/C6H6O4/c1-4-5(2-3-7)10-6(8)9-4/h3H,2H2,1H3. The number of rotatable bonds is 2. The first-order valence-electron chi connectivity index (χ1n) is 2.77. The lowest BCUT2D eigenvalue weighted by Gasteiger charge is -1.82. The lowest BCUT2D eigenvalue weighted by atomic mass is 10.3. The maximum atomic E-state index is 10.3. The quantitative estimate of drug-likeness (QED) is 0.556. The van der Waals surface area contributed by atoms with Gasteiger partial charge in [-0.25, -0.2) is 4.79 Å². The summed E-state index contributed by atoms with van der Waals surface area (Å²) in [6.07, 6.45) is 0.748. The highest BCUT2D eigenvalue weighted by molar-refractivity contribution is 5.53. The summed E-state index contributed by atoms with van der Waals surface area (Å²) >= 11 is 0. The van der Waals surface area contributed by atoms with Gasteiger partial charge in [0.25, 0.3) is 0 Å². The maximum Gasteiger partial charge on any atom is 0.519 e. The topological polar surface area (TPSA) is 60.4 Å². The van der Waals surface area contributed by atoms with Crippen molar-refractivity contribution in [3.8, 4) is 0 Å². The molecule has 0 saturated heterocycles. The van der Waals surface area contributed by atoms with Gasteiger partial charge in [0.15, 0.2) is 5.76 Å². The maximum absolute atomic E-state index is 10.3. The Morgan fingerprint density at radius 3 is 2.60 bits per heavy atom. The molecule has 10 heavy (non-hydrogen) atoms. The molecule has 0 fully saturated rings. The second kappa shape index (κ2) is 2.51. The van der Waals surface area contributed by atoms with E-state index in [9.17, 15) is 9.59 Å². The van der Waals surface area contributed by atoms with Gasteiger partial charge in [0.2, 0.25) is 0 Å². The minimum atomic E-state index is -0.755. The second-order valence-electron chi connectivity index (χ2n) is 1.80. The number of aryl methyl sites for hydroxylation is 1. The Bertz CT molecular complexity index is 280. The van der Waals surface area contributed by atoms with Crippen molar-refractivity contribution in [2.75, 3.05) is 0 Å². The van der Waals surface area contributed by atoms with E-state index in [-0.39, 0.29) is 6.42 Å². The SMILES string of the molecule is Cc1oc(=O)oc1CC=O. The van der Waals surface area contributed by atoms with E-state index in [2.05, 4.69) is 8.83 Å². The number of hydrogen-bond donors (Lipinski definition) is 0. The molecule has 0 aliphatic heterocycles.